The summed E-state index contributed by atoms with van der Waals surface area (Å²) in [7, 11) is 0. The fraction of sp³-hybridized carbons (Fsp3) is 0.208. The molecule has 4 rings (SSSR count). The predicted molar refractivity (Wildman–Crippen MR) is 113 cm³/mol. The summed E-state index contributed by atoms with van der Waals surface area (Å²) in [5.41, 5.74) is 1.73. The Morgan fingerprint density at radius 2 is 1.63 bits per heavy atom. The largest absolute Gasteiger partial charge is 0.489 e. The molecule has 30 heavy (non-hydrogen) atoms. The van der Waals surface area contributed by atoms with Gasteiger partial charge in [0.15, 0.2) is 17.6 Å². The quantitative estimate of drug-likeness (QED) is 0.629. The number of fused-ring (bicyclic) bond motifs is 1. The van der Waals surface area contributed by atoms with Gasteiger partial charge in [0.2, 0.25) is 0 Å². The fourth-order valence-corrected chi connectivity index (χ4v) is 2.98. The van der Waals surface area contributed by atoms with Crippen molar-refractivity contribution in [1.82, 2.24) is 0 Å². The van der Waals surface area contributed by atoms with Crippen LogP contribution in [0.2, 0.25) is 0 Å². The van der Waals surface area contributed by atoms with E-state index in [1.807, 2.05) is 42.5 Å². The molecule has 0 radical (unpaired) electrons. The van der Waals surface area contributed by atoms with Gasteiger partial charge in [-0.3, -0.25) is 4.79 Å². The van der Waals surface area contributed by atoms with E-state index in [0.717, 1.165) is 11.3 Å². The molecule has 1 aliphatic rings. The van der Waals surface area contributed by atoms with E-state index >= 15 is 0 Å². The van der Waals surface area contributed by atoms with Crippen molar-refractivity contribution in [2.24, 2.45) is 0 Å². The Labute approximate surface area is 175 Å². The molecule has 0 aromatic heterocycles. The van der Waals surface area contributed by atoms with Crippen molar-refractivity contribution < 1.29 is 23.7 Å². The Bertz CT molecular complexity index is 988. The molecule has 6 nitrogen and oxygen atoms in total. The minimum absolute atomic E-state index is 0.254. The minimum atomic E-state index is -0.672. The molecule has 0 saturated heterocycles. The second-order valence-electron chi connectivity index (χ2n) is 6.85. The molecule has 6 heteroatoms. The summed E-state index contributed by atoms with van der Waals surface area (Å²) in [5.74, 6) is 2.37. The Balaban J connectivity index is 1.29. The van der Waals surface area contributed by atoms with Crippen molar-refractivity contribution in [3.8, 4) is 23.0 Å². The number of rotatable bonds is 7. The molecule has 0 fully saturated rings. The van der Waals surface area contributed by atoms with Crippen molar-refractivity contribution in [3.05, 3.63) is 78.4 Å². The Morgan fingerprint density at radius 1 is 0.933 bits per heavy atom. The predicted octanol–water partition coefficient (Wildman–Crippen LogP) is 4.44. The van der Waals surface area contributed by atoms with Crippen LogP contribution in [0.3, 0.4) is 0 Å². The highest BCUT2D eigenvalue weighted by molar-refractivity contribution is 5.94. The average molecular weight is 405 g/mol. The van der Waals surface area contributed by atoms with E-state index < -0.39 is 6.10 Å². The van der Waals surface area contributed by atoms with E-state index in [1.165, 1.54) is 0 Å². The normalized spacial score (nSPS) is 13.2. The molecular weight excluding hydrogens is 382 g/mol. The Kier molecular flexibility index (Phi) is 6.03. The standard InChI is InChI=1S/C24H23NO5/c1-17(24(26)25-19-7-12-22-23(15-19)28-14-13-27-22)30-21-10-8-20(9-11-21)29-16-18-5-3-2-4-6-18/h2-12,15,17H,13-14,16H2,1H3,(H,25,26). The monoisotopic (exact) mass is 405 g/mol. The molecule has 1 amide bonds. The summed E-state index contributed by atoms with van der Waals surface area (Å²) in [6.45, 7) is 3.22. The lowest BCUT2D eigenvalue weighted by Gasteiger charge is -2.20. The Morgan fingerprint density at radius 3 is 2.40 bits per heavy atom. The first-order valence-corrected chi connectivity index (χ1v) is 9.81. The molecule has 3 aromatic rings. The van der Waals surface area contributed by atoms with Crippen LogP contribution in [-0.2, 0) is 11.4 Å². The molecule has 1 atom stereocenters. The van der Waals surface area contributed by atoms with Crippen LogP contribution in [0.25, 0.3) is 0 Å². The van der Waals surface area contributed by atoms with Crippen molar-refractivity contribution in [2.75, 3.05) is 18.5 Å². The first-order valence-electron chi connectivity index (χ1n) is 9.81. The number of hydrogen-bond donors (Lipinski definition) is 1. The van der Waals surface area contributed by atoms with Crippen molar-refractivity contribution >= 4 is 11.6 Å². The summed E-state index contributed by atoms with van der Waals surface area (Å²) in [6, 6.07) is 22.5. The van der Waals surface area contributed by atoms with Crippen LogP contribution < -0.4 is 24.3 Å². The maximum absolute atomic E-state index is 12.5. The molecule has 3 aromatic carbocycles. The van der Waals surface area contributed by atoms with E-state index in [0.29, 0.717) is 42.8 Å². The molecule has 1 N–H and O–H groups in total. The smallest absolute Gasteiger partial charge is 0.265 e. The van der Waals surface area contributed by atoms with Gasteiger partial charge in [-0.2, -0.15) is 0 Å². The number of hydrogen-bond acceptors (Lipinski definition) is 5. The van der Waals surface area contributed by atoms with Crippen LogP contribution in [0, 0.1) is 0 Å². The molecule has 1 aliphatic heterocycles. The topological polar surface area (TPSA) is 66.0 Å². The molecular formula is C24H23NO5. The SMILES string of the molecule is CC(Oc1ccc(OCc2ccccc2)cc1)C(=O)Nc1ccc2c(c1)OCCO2. The molecule has 0 saturated carbocycles. The molecule has 1 heterocycles. The number of carbonyl (C=O) groups is 1. The highest BCUT2D eigenvalue weighted by Crippen LogP contribution is 2.32. The maximum Gasteiger partial charge on any atom is 0.265 e. The zero-order valence-corrected chi connectivity index (χ0v) is 16.7. The molecule has 154 valence electrons. The number of carbonyl (C=O) groups excluding carboxylic acids is 1. The number of benzene rings is 3. The summed E-state index contributed by atoms with van der Waals surface area (Å²) in [4.78, 5) is 12.5. The third-order valence-electron chi connectivity index (χ3n) is 4.56. The van der Waals surface area contributed by atoms with E-state index in [9.17, 15) is 4.79 Å². The van der Waals surface area contributed by atoms with Crippen LogP contribution in [-0.4, -0.2) is 25.2 Å². The van der Waals surface area contributed by atoms with Crippen LogP contribution >= 0.6 is 0 Å². The lowest BCUT2D eigenvalue weighted by atomic mass is 10.2. The van der Waals surface area contributed by atoms with Gasteiger partial charge in [0.05, 0.1) is 0 Å². The van der Waals surface area contributed by atoms with E-state index in [4.69, 9.17) is 18.9 Å². The van der Waals surface area contributed by atoms with E-state index in [1.54, 1.807) is 37.3 Å². The third-order valence-corrected chi connectivity index (χ3v) is 4.56. The average Bonchev–Trinajstić information content (AvgIpc) is 2.79. The Hall–Kier alpha value is -3.67. The van der Waals surface area contributed by atoms with Gasteiger partial charge in [0, 0.05) is 11.8 Å². The van der Waals surface area contributed by atoms with Crippen molar-refractivity contribution in [2.45, 2.75) is 19.6 Å². The molecule has 0 bridgehead atoms. The zero-order valence-electron chi connectivity index (χ0n) is 16.7. The molecule has 0 aliphatic carbocycles. The van der Waals surface area contributed by atoms with Gasteiger partial charge in [-0.15, -0.1) is 0 Å². The third kappa shape index (κ3) is 5.03. The fourth-order valence-electron chi connectivity index (χ4n) is 2.98. The first-order chi connectivity index (χ1) is 14.7. The summed E-state index contributed by atoms with van der Waals surface area (Å²) in [6.07, 6.45) is -0.672. The van der Waals surface area contributed by atoms with Gasteiger partial charge >= 0.3 is 0 Å². The van der Waals surface area contributed by atoms with Gasteiger partial charge in [-0.25, -0.2) is 0 Å². The number of amides is 1. The van der Waals surface area contributed by atoms with Crippen LogP contribution in [0.5, 0.6) is 23.0 Å². The zero-order chi connectivity index (χ0) is 20.8. The summed E-state index contributed by atoms with van der Waals surface area (Å²) < 4.78 is 22.6. The molecule has 0 spiro atoms. The first kappa shape index (κ1) is 19.6. The van der Waals surface area contributed by atoms with Gasteiger partial charge in [-0.05, 0) is 48.9 Å². The van der Waals surface area contributed by atoms with Crippen molar-refractivity contribution in [1.29, 1.82) is 0 Å². The number of ether oxygens (including phenoxy) is 4. The van der Waals surface area contributed by atoms with Gasteiger partial charge in [0.1, 0.15) is 31.3 Å². The van der Waals surface area contributed by atoms with Crippen molar-refractivity contribution in [3.63, 3.8) is 0 Å². The second kappa shape index (κ2) is 9.22. The van der Waals surface area contributed by atoms with Crippen LogP contribution in [0.4, 0.5) is 5.69 Å². The lowest BCUT2D eigenvalue weighted by molar-refractivity contribution is -0.122. The lowest BCUT2D eigenvalue weighted by Crippen LogP contribution is -2.30. The van der Waals surface area contributed by atoms with Gasteiger partial charge < -0.3 is 24.3 Å². The van der Waals surface area contributed by atoms with Crippen LogP contribution in [0.1, 0.15) is 12.5 Å². The van der Waals surface area contributed by atoms with E-state index in [2.05, 4.69) is 5.32 Å². The van der Waals surface area contributed by atoms with Gasteiger partial charge in [-0.1, -0.05) is 30.3 Å². The number of anilines is 1. The second-order valence-corrected chi connectivity index (χ2v) is 6.85. The maximum atomic E-state index is 12.5. The highest BCUT2D eigenvalue weighted by Gasteiger charge is 2.17. The van der Waals surface area contributed by atoms with Gasteiger partial charge in [0.25, 0.3) is 5.91 Å². The van der Waals surface area contributed by atoms with Crippen LogP contribution in [0.15, 0.2) is 72.8 Å². The molecule has 1 unspecified atom stereocenters. The summed E-state index contributed by atoms with van der Waals surface area (Å²) in [5, 5.41) is 2.84. The highest BCUT2D eigenvalue weighted by atomic mass is 16.6. The summed E-state index contributed by atoms with van der Waals surface area (Å²) >= 11 is 0. The minimum Gasteiger partial charge on any atom is -0.489 e. The van der Waals surface area contributed by atoms with E-state index in [-0.39, 0.29) is 5.91 Å². The number of nitrogens with one attached hydrogen (secondary N) is 1.